The molecule has 2 rings (SSSR count). The molecule has 0 aliphatic rings. The van der Waals surface area contributed by atoms with E-state index >= 15 is 0 Å². The van der Waals surface area contributed by atoms with E-state index in [0.717, 1.165) is 19.3 Å². The third-order valence-electron chi connectivity index (χ3n) is 3.34. The Hall–Kier alpha value is -1.80. The lowest BCUT2D eigenvalue weighted by molar-refractivity contribution is 0.521. The van der Waals surface area contributed by atoms with Crippen LogP contribution in [0.15, 0.2) is 66.1 Å². The first-order chi connectivity index (χ1) is 9.70. The number of benzene rings is 1. The van der Waals surface area contributed by atoms with Gasteiger partial charge in [-0.1, -0.05) is 48.0 Å². The molecule has 1 unspecified atom stereocenters. The summed E-state index contributed by atoms with van der Waals surface area (Å²) >= 11 is 5.95. The zero-order chi connectivity index (χ0) is 14.4. The highest BCUT2D eigenvalue weighted by Gasteiger charge is 2.08. The summed E-state index contributed by atoms with van der Waals surface area (Å²) < 4.78 is 1.65. The minimum absolute atomic E-state index is 0.00934. The van der Waals surface area contributed by atoms with E-state index in [4.69, 9.17) is 11.6 Å². The highest BCUT2D eigenvalue weighted by Crippen LogP contribution is 2.17. The maximum absolute atomic E-state index is 11.9. The molecule has 0 amide bonds. The number of aromatic nitrogens is 1. The Morgan fingerprint density at radius 1 is 1.20 bits per heavy atom. The summed E-state index contributed by atoms with van der Waals surface area (Å²) in [7, 11) is 0. The summed E-state index contributed by atoms with van der Waals surface area (Å²) in [5.74, 6) is 0. The second-order valence-corrected chi connectivity index (χ2v) is 5.21. The van der Waals surface area contributed by atoms with Crippen molar-refractivity contribution in [2.45, 2.75) is 25.3 Å². The van der Waals surface area contributed by atoms with Crippen molar-refractivity contribution in [1.29, 1.82) is 0 Å². The molecule has 0 radical (unpaired) electrons. The van der Waals surface area contributed by atoms with Gasteiger partial charge >= 0.3 is 0 Å². The smallest absolute Gasteiger partial charge is 0.251 e. The van der Waals surface area contributed by atoms with E-state index in [-0.39, 0.29) is 11.6 Å². The predicted octanol–water partition coefficient (Wildman–Crippen LogP) is 4.25. The van der Waals surface area contributed by atoms with Crippen LogP contribution in [0.3, 0.4) is 0 Å². The number of hydrogen-bond donors (Lipinski definition) is 0. The second kappa shape index (κ2) is 7.11. The van der Waals surface area contributed by atoms with Gasteiger partial charge in [0, 0.05) is 12.3 Å². The normalized spacial score (nSPS) is 12.1. The lowest BCUT2D eigenvalue weighted by Crippen LogP contribution is -2.22. The van der Waals surface area contributed by atoms with Crippen molar-refractivity contribution >= 4 is 11.6 Å². The van der Waals surface area contributed by atoms with E-state index in [1.54, 1.807) is 16.8 Å². The van der Waals surface area contributed by atoms with Crippen molar-refractivity contribution in [3.05, 3.63) is 82.3 Å². The van der Waals surface area contributed by atoms with Crippen LogP contribution >= 0.6 is 11.6 Å². The van der Waals surface area contributed by atoms with Gasteiger partial charge in [0.05, 0.1) is 11.1 Å². The Morgan fingerprint density at radius 2 is 1.95 bits per heavy atom. The Bertz CT molecular complexity index is 618. The van der Waals surface area contributed by atoms with Gasteiger partial charge in [0.15, 0.2) is 0 Å². The second-order valence-electron chi connectivity index (χ2n) is 4.77. The van der Waals surface area contributed by atoms with Crippen molar-refractivity contribution in [1.82, 2.24) is 4.57 Å². The van der Waals surface area contributed by atoms with Crippen LogP contribution < -0.4 is 5.56 Å². The highest BCUT2D eigenvalue weighted by atomic mass is 35.5. The molecule has 1 heterocycles. The first kappa shape index (κ1) is 14.6. The van der Waals surface area contributed by atoms with Gasteiger partial charge in [0.1, 0.15) is 0 Å². The van der Waals surface area contributed by atoms with E-state index in [2.05, 4.69) is 18.7 Å². The van der Waals surface area contributed by atoms with E-state index in [1.807, 2.05) is 24.3 Å². The van der Waals surface area contributed by atoms with E-state index in [0.29, 0.717) is 5.02 Å². The number of allylic oxidation sites excluding steroid dienone is 1. The molecule has 2 aromatic rings. The van der Waals surface area contributed by atoms with Crippen molar-refractivity contribution < 1.29 is 0 Å². The summed E-state index contributed by atoms with van der Waals surface area (Å²) in [5.41, 5.74) is 1.27. The van der Waals surface area contributed by atoms with Crippen LogP contribution in [0.25, 0.3) is 0 Å². The first-order valence-electron chi connectivity index (χ1n) is 6.75. The monoisotopic (exact) mass is 287 g/mol. The largest absolute Gasteiger partial charge is 0.307 e. The van der Waals surface area contributed by atoms with Gasteiger partial charge in [-0.15, -0.1) is 6.58 Å². The average molecular weight is 288 g/mol. The fraction of sp³-hybridized carbons (Fsp3) is 0.235. The molecule has 0 N–H and O–H groups in total. The molecule has 0 aliphatic heterocycles. The lowest BCUT2D eigenvalue weighted by Gasteiger charge is -2.16. The first-order valence-corrected chi connectivity index (χ1v) is 7.12. The molecule has 1 atom stereocenters. The number of rotatable bonds is 6. The van der Waals surface area contributed by atoms with Crippen LogP contribution in [0, 0.1) is 0 Å². The van der Waals surface area contributed by atoms with Crippen molar-refractivity contribution in [3.63, 3.8) is 0 Å². The standard InChI is InChI=1S/C17H18ClNO/c1-2-16(19-13-15(18)11-12-17(19)20)10-6-9-14-7-4-3-5-8-14/h2-5,7-8,11-13,16H,1,6,9-10H2. The van der Waals surface area contributed by atoms with E-state index in [1.165, 1.54) is 11.6 Å². The van der Waals surface area contributed by atoms with Crippen LogP contribution in [0.2, 0.25) is 5.02 Å². The van der Waals surface area contributed by atoms with Gasteiger partial charge in [-0.2, -0.15) is 0 Å². The Balaban J connectivity index is 2.01. The number of halogens is 1. The molecule has 0 spiro atoms. The van der Waals surface area contributed by atoms with Gasteiger partial charge < -0.3 is 4.57 Å². The third-order valence-corrected chi connectivity index (χ3v) is 3.56. The zero-order valence-corrected chi connectivity index (χ0v) is 12.1. The van der Waals surface area contributed by atoms with Crippen LogP contribution in [-0.4, -0.2) is 4.57 Å². The topological polar surface area (TPSA) is 22.0 Å². The minimum atomic E-state index is -0.0426. The minimum Gasteiger partial charge on any atom is -0.307 e. The maximum atomic E-state index is 11.9. The van der Waals surface area contributed by atoms with Crippen LogP contribution in [0.4, 0.5) is 0 Å². The van der Waals surface area contributed by atoms with Gasteiger partial charge in [-0.25, -0.2) is 0 Å². The molecule has 0 saturated heterocycles. The summed E-state index contributed by atoms with van der Waals surface area (Å²) in [5, 5.41) is 0.569. The molecule has 1 aromatic heterocycles. The van der Waals surface area contributed by atoms with Gasteiger partial charge in [0.25, 0.3) is 5.56 Å². The molecule has 0 fully saturated rings. The van der Waals surface area contributed by atoms with E-state index in [9.17, 15) is 4.79 Å². The van der Waals surface area contributed by atoms with Crippen LogP contribution in [0.1, 0.15) is 24.4 Å². The lowest BCUT2D eigenvalue weighted by atomic mass is 10.0. The Labute approximate surface area is 124 Å². The molecular formula is C17H18ClNO. The molecule has 3 heteroatoms. The highest BCUT2D eigenvalue weighted by molar-refractivity contribution is 6.30. The van der Waals surface area contributed by atoms with Crippen molar-refractivity contribution in [2.24, 2.45) is 0 Å². The summed E-state index contributed by atoms with van der Waals surface area (Å²) in [6.45, 7) is 3.83. The Kier molecular flexibility index (Phi) is 5.19. The third kappa shape index (κ3) is 3.84. The van der Waals surface area contributed by atoms with Crippen LogP contribution in [-0.2, 0) is 6.42 Å². The summed E-state index contributed by atoms with van der Waals surface area (Å²) in [6, 6.07) is 13.4. The van der Waals surface area contributed by atoms with Gasteiger partial charge in [-0.3, -0.25) is 4.79 Å². The van der Waals surface area contributed by atoms with E-state index < -0.39 is 0 Å². The fourth-order valence-electron chi connectivity index (χ4n) is 2.27. The van der Waals surface area contributed by atoms with Gasteiger partial charge in [0.2, 0.25) is 0 Å². The van der Waals surface area contributed by atoms with Crippen molar-refractivity contribution in [2.75, 3.05) is 0 Å². The summed E-state index contributed by atoms with van der Waals surface area (Å²) in [6.07, 6.45) is 6.36. The van der Waals surface area contributed by atoms with Crippen molar-refractivity contribution in [3.8, 4) is 0 Å². The molecule has 20 heavy (non-hydrogen) atoms. The molecule has 0 aliphatic carbocycles. The maximum Gasteiger partial charge on any atom is 0.251 e. The Morgan fingerprint density at radius 3 is 2.65 bits per heavy atom. The fourth-order valence-corrected chi connectivity index (χ4v) is 2.43. The SMILES string of the molecule is C=CC(CCCc1ccccc1)n1cc(Cl)ccc1=O. The average Bonchev–Trinajstić information content (AvgIpc) is 2.48. The molecule has 104 valence electrons. The molecule has 2 nitrogen and oxygen atoms in total. The molecule has 1 aromatic carbocycles. The number of hydrogen-bond acceptors (Lipinski definition) is 1. The molecule has 0 bridgehead atoms. The number of nitrogens with zero attached hydrogens (tertiary/aromatic N) is 1. The number of aryl methyl sites for hydroxylation is 1. The zero-order valence-electron chi connectivity index (χ0n) is 11.3. The quantitative estimate of drug-likeness (QED) is 0.728. The number of pyridine rings is 1. The molecular weight excluding hydrogens is 270 g/mol. The van der Waals surface area contributed by atoms with Gasteiger partial charge in [-0.05, 0) is 30.9 Å². The predicted molar refractivity (Wildman–Crippen MR) is 84.3 cm³/mol. The summed E-state index contributed by atoms with van der Waals surface area (Å²) in [4.78, 5) is 11.9. The van der Waals surface area contributed by atoms with Crippen LogP contribution in [0.5, 0.6) is 0 Å². The molecule has 0 saturated carbocycles.